The minimum atomic E-state index is -0.917. The molecule has 0 aliphatic heterocycles. The average Bonchev–Trinajstić information content (AvgIpc) is 2.73. The number of hydrogen-bond donors (Lipinski definition) is 2. The van der Waals surface area contributed by atoms with E-state index in [0.29, 0.717) is 19.4 Å². The topological polar surface area (TPSA) is 59.0 Å². The normalized spacial score (nSPS) is 21.9. The van der Waals surface area contributed by atoms with Crippen LogP contribution in [0.2, 0.25) is 0 Å². The molecule has 1 aliphatic carbocycles. The molecule has 0 spiro atoms. The molecular weight excluding hydrogens is 259 g/mol. The van der Waals surface area contributed by atoms with Gasteiger partial charge in [-0.15, -0.1) is 0 Å². The fraction of sp³-hybridized carbons (Fsp3) is 0.714. The number of halogens is 1. The molecule has 0 aromatic carbocycles. The Morgan fingerprint density at radius 2 is 2.35 bits per heavy atom. The van der Waals surface area contributed by atoms with Crippen molar-refractivity contribution in [2.24, 2.45) is 7.05 Å². The smallest absolute Gasteiger partial charge is 0.221 e. The quantitative estimate of drug-likeness (QED) is 0.854. The molecule has 0 saturated heterocycles. The summed E-state index contributed by atoms with van der Waals surface area (Å²) >= 11 is 0. The Morgan fingerprint density at radius 3 is 3.05 bits per heavy atom. The summed E-state index contributed by atoms with van der Waals surface area (Å²) in [6.07, 6.45) is 2.39. The summed E-state index contributed by atoms with van der Waals surface area (Å²) in [5.41, 5.74) is 2.01. The molecule has 0 radical (unpaired) electrons. The Balaban J connectivity index is 1.91. The molecule has 0 saturated carbocycles. The summed E-state index contributed by atoms with van der Waals surface area (Å²) in [6.45, 7) is 4.32. The second kappa shape index (κ2) is 6.35. The maximum absolute atomic E-state index is 14.1. The van der Waals surface area contributed by atoms with Gasteiger partial charge in [0, 0.05) is 37.3 Å². The first-order chi connectivity index (χ1) is 9.49. The molecule has 1 aliphatic rings. The van der Waals surface area contributed by atoms with E-state index in [9.17, 15) is 9.18 Å². The van der Waals surface area contributed by atoms with Crippen LogP contribution in [0.15, 0.2) is 6.20 Å². The molecule has 20 heavy (non-hydrogen) atoms. The van der Waals surface area contributed by atoms with Crippen LogP contribution in [0, 0.1) is 0 Å². The zero-order chi connectivity index (χ0) is 14.7. The van der Waals surface area contributed by atoms with Crippen LogP contribution >= 0.6 is 0 Å². The summed E-state index contributed by atoms with van der Waals surface area (Å²) in [5.74, 6) is -0.00914. The number of fused-ring (bicyclic) bond motifs is 1. The van der Waals surface area contributed by atoms with E-state index >= 15 is 0 Å². The highest BCUT2D eigenvalue weighted by molar-refractivity contribution is 5.76. The van der Waals surface area contributed by atoms with Crippen LogP contribution in [0.3, 0.4) is 0 Å². The number of aryl methyl sites for hydroxylation is 1. The van der Waals surface area contributed by atoms with Gasteiger partial charge in [-0.25, -0.2) is 4.39 Å². The molecule has 1 aromatic rings. The van der Waals surface area contributed by atoms with Crippen molar-refractivity contribution in [1.29, 1.82) is 0 Å². The molecule has 1 aromatic heterocycles. The maximum Gasteiger partial charge on any atom is 0.221 e. The second-order valence-electron chi connectivity index (χ2n) is 5.63. The number of nitrogens with one attached hydrogen (secondary N) is 2. The molecule has 2 rings (SSSR count). The first kappa shape index (κ1) is 15.0. The van der Waals surface area contributed by atoms with Crippen molar-refractivity contribution in [2.75, 3.05) is 6.54 Å². The highest BCUT2D eigenvalue weighted by Gasteiger charge is 2.31. The number of nitrogens with zero attached hydrogens (tertiary/aromatic N) is 2. The summed E-state index contributed by atoms with van der Waals surface area (Å²) in [6, 6.07) is -0.213. The summed E-state index contributed by atoms with van der Waals surface area (Å²) in [4.78, 5) is 11.6. The van der Waals surface area contributed by atoms with Crippen molar-refractivity contribution in [2.45, 2.75) is 51.4 Å². The third kappa shape index (κ3) is 3.36. The average molecular weight is 282 g/mol. The maximum atomic E-state index is 14.1. The molecular formula is C14H23FN4O. The van der Waals surface area contributed by atoms with Crippen LogP contribution < -0.4 is 10.6 Å². The van der Waals surface area contributed by atoms with Crippen molar-refractivity contribution >= 4 is 5.91 Å². The van der Waals surface area contributed by atoms with Crippen LogP contribution in [-0.2, 0) is 18.3 Å². The van der Waals surface area contributed by atoms with Gasteiger partial charge in [0.1, 0.15) is 6.17 Å². The number of aromatic nitrogens is 2. The fourth-order valence-corrected chi connectivity index (χ4v) is 2.66. The Bertz CT molecular complexity index is 472. The lowest BCUT2D eigenvalue weighted by atomic mass is 9.91. The zero-order valence-electron chi connectivity index (χ0n) is 12.3. The molecule has 1 heterocycles. The van der Waals surface area contributed by atoms with Crippen LogP contribution in [0.5, 0.6) is 0 Å². The lowest BCUT2D eigenvalue weighted by Gasteiger charge is -2.27. The standard InChI is InChI=1S/C14H23FN4O/c1-9(2)18-13(20)6-7-16-14-10-8-17-19(3)12(10)5-4-11(14)15/h8-9,11,14,16H,4-7H2,1-3H3,(H,18,20). The molecule has 0 bridgehead atoms. The van der Waals surface area contributed by atoms with Crippen LogP contribution in [-0.4, -0.2) is 34.4 Å². The number of amides is 1. The largest absolute Gasteiger partial charge is 0.354 e. The van der Waals surface area contributed by atoms with E-state index in [-0.39, 0.29) is 18.0 Å². The molecule has 5 nitrogen and oxygen atoms in total. The van der Waals surface area contributed by atoms with Crippen LogP contribution in [0.1, 0.15) is 44.0 Å². The van der Waals surface area contributed by atoms with Crippen molar-refractivity contribution in [3.8, 4) is 0 Å². The van der Waals surface area contributed by atoms with Crippen molar-refractivity contribution < 1.29 is 9.18 Å². The van der Waals surface area contributed by atoms with Gasteiger partial charge in [0.2, 0.25) is 5.91 Å². The number of alkyl halides is 1. The molecule has 2 atom stereocenters. The van der Waals surface area contributed by atoms with Gasteiger partial charge in [-0.05, 0) is 26.7 Å². The summed E-state index contributed by atoms with van der Waals surface area (Å²) in [5, 5.41) is 10.2. The minimum Gasteiger partial charge on any atom is -0.354 e. The van der Waals surface area contributed by atoms with Gasteiger partial charge in [-0.1, -0.05) is 0 Å². The predicted molar refractivity (Wildman–Crippen MR) is 75.1 cm³/mol. The fourth-order valence-electron chi connectivity index (χ4n) is 2.66. The summed E-state index contributed by atoms with van der Waals surface area (Å²) in [7, 11) is 1.88. The molecule has 6 heteroatoms. The van der Waals surface area contributed by atoms with Gasteiger partial charge in [-0.2, -0.15) is 5.10 Å². The third-order valence-electron chi connectivity index (χ3n) is 3.61. The number of carbonyl (C=O) groups excluding carboxylic acids is 1. The zero-order valence-corrected chi connectivity index (χ0v) is 12.3. The molecule has 1 amide bonds. The van der Waals surface area contributed by atoms with Crippen molar-refractivity contribution in [1.82, 2.24) is 20.4 Å². The predicted octanol–water partition coefficient (Wildman–Crippen LogP) is 1.25. The first-order valence-corrected chi connectivity index (χ1v) is 7.16. The lowest BCUT2D eigenvalue weighted by Crippen LogP contribution is -2.37. The second-order valence-corrected chi connectivity index (χ2v) is 5.63. The first-order valence-electron chi connectivity index (χ1n) is 7.16. The Morgan fingerprint density at radius 1 is 1.60 bits per heavy atom. The van der Waals surface area contributed by atoms with E-state index in [1.165, 1.54) is 0 Å². The van der Waals surface area contributed by atoms with E-state index in [2.05, 4.69) is 15.7 Å². The van der Waals surface area contributed by atoms with Gasteiger partial charge in [0.25, 0.3) is 0 Å². The molecule has 2 N–H and O–H groups in total. The summed E-state index contributed by atoms with van der Waals surface area (Å²) < 4.78 is 15.9. The molecule has 112 valence electrons. The van der Waals surface area contributed by atoms with Gasteiger partial charge in [0.05, 0.1) is 12.2 Å². The van der Waals surface area contributed by atoms with Gasteiger partial charge >= 0.3 is 0 Å². The van der Waals surface area contributed by atoms with E-state index in [1.54, 1.807) is 10.9 Å². The SMILES string of the molecule is CC(C)NC(=O)CCNC1c2cnn(C)c2CCC1F. The Kier molecular flexibility index (Phi) is 4.75. The Hall–Kier alpha value is -1.43. The van der Waals surface area contributed by atoms with E-state index < -0.39 is 6.17 Å². The number of carbonyl (C=O) groups is 1. The third-order valence-corrected chi connectivity index (χ3v) is 3.61. The van der Waals surface area contributed by atoms with Crippen LogP contribution in [0.4, 0.5) is 4.39 Å². The molecule has 0 fully saturated rings. The lowest BCUT2D eigenvalue weighted by molar-refractivity contribution is -0.121. The van der Waals surface area contributed by atoms with Crippen molar-refractivity contribution in [3.05, 3.63) is 17.5 Å². The van der Waals surface area contributed by atoms with Crippen molar-refractivity contribution in [3.63, 3.8) is 0 Å². The van der Waals surface area contributed by atoms with Gasteiger partial charge in [-0.3, -0.25) is 9.48 Å². The van der Waals surface area contributed by atoms with Gasteiger partial charge < -0.3 is 10.6 Å². The van der Waals surface area contributed by atoms with E-state index in [4.69, 9.17) is 0 Å². The monoisotopic (exact) mass is 282 g/mol. The van der Waals surface area contributed by atoms with Crippen LogP contribution in [0.25, 0.3) is 0 Å². The molecule has 2 unspecified atom stereocenters. The highest BCUT2D eigenvalue weighted by atomic mass is 19.1. The number of rotatable bonds is 5. The number of hydrogen-bond acceptors (Lipinski definition) is 3. The Labute approximate surface area is 118 Å². The van der Waals surface area contributed by atoms with Gasteiger partial charge in [0.15, 0.2) is 0 Å². The minimum absolute atomic E-state index is 0.00914. The van der Waals surface area contributed by atoms with E-state index in [0.717, 1.165) is 17.7 Å². The highest BCUT2D eigenvalue weighted by Crippen LogP contribution is 2.31. The van der Waals surface area contributed by atoms with E-state index in [1.807, 2.05) is 20.9 Å².